The molecule has 1 spiro atoms. The van der Waals surface area contributed by atoms with Crippen LogP contribution in [0.5, 0.6) is 0 Å². The lowest BCUT2D eigenvalue weighted by atomic mass is 9.76. The van der Waals surface area contributed by atoms with Crippen LogP contribution in [0.25, 0.3) is 22.5 Å². The smallest absolute Gasteiger partial charge is 0.112 e. The largest absolute Gasteiger partial charge is 0.368 e. The molecule has 0 bridgehead atoms. The fourth-order valence-corrected chi connectivity index (χ4v) is 8.89. The number of nitrogens with one attached hydrogen (secondary N) is 6. The van der Waals surface area contributed by atoms with Gasteiger partial charge in [-0.25, -0.2) is 0 Å². The molecule has 6 N–H and O–H groups in total. The maximum Gasteiger partial charge on any atom is 0.112 e. The lowest BCUT2D eigenvalue weighted by Gasteiger charge is -2.28. The van der Waals surface area contributed by atoms with Crippen LogP contribution >= 0.6 is 0 Å². The molecule has 4 heterocycles. The van der Waals surface area contributed by atoms with Crippen LogP contribution in [-0.4, -0.2) is 37.5 Å². The van der Waals surface area contributed by atoms with Crippen molar-refractivity contribution in [3.63, 3.8) is 0 Å². The number of fused-ring (bicyclic) bond motifs is 2. The van der Waals surface area contributed by atoms with Crippen LogP contribution in [0, 0.1) is 11.8 Å². The third kappa shape index (κ3) is 4.45. The lowest BCUT2D eigenvalue weighted by Crippen LogP contribution is -2.47. The monoisotopic (exact) mass is 550 g/mol. The van der Waals surface area contributed by atoms with E-state index in [-0.39, 0.29) is 12.3 Å². The standard InChI is InChI=1S/C35H46N6/c1-21-15-28(36-17-21)33-38-19-30(40-33)24-7-5-23(6-8-24)25-9-10-26(27-11-14-35(32(25)27)12-3-4-13-35)31-20-39-34(41-31)29-16-22(2)18-37-29/h5-10,19-22,28-29,33-34,36-41H,3-4,11-18H2,1-2H3/t21-,22-,28-,29-,33?,34?/m0/s1. The Morgan fingerprint density at radius 1 is 0.659 bits per heavy atom. The van der Waals surface area contributed by atoms with Gasteiger partial charge in [-0.05, 0) is 96.7 Å². The highest BCUT2D eigenvalue weighted by Gasteiger charge is 2.44. The molecule has 2 aromatic rings. The molecule has 1 saturated carbocycles. The Labute approximate surface area is 245 Å². The molecule has 216 valence electrons. The number of hydrogen-bond donors (Lipinski definition) is 6. The fourth-order valence-electron chi connectivity index (χ4n) is 8.89. The van der Waals surface area contributed by atoms with Crippen molar-refractivity contribution in [3.05, 3.63) is 71.1 Å². The molecule has 0 amide bonds. The van der Waals surface area contributed by atoms with E-state index in [1.165, 1.54) is 85.0 Å². The zero-order valence-corrected chi connectivity index (χ0v) is 24.7. The van der Waals surface area contributed by atoms with E-state index in [1.54, 1.807) is 11.1 Å². The van der Waals surface area contributed by atoms with Crippen LogP contribution < -0.4 is 31.9 Å². The molecule has 41 heavy (non-hydrogen) atoms. The van der Waals surface area contributed by atoms with E-state index in [2.05, 4.69) is 94.5 Å². The Morgan fingerprint density at radius 2 is 1.24 bits per heavy atom. The van der Waals surface area contributed by atoms with Gasteiger partial charge in [0, 0.05) is 30.0 Å². The SMILES string of the molecule is C[C@@H]1CN[C@H](C2NC=C(c3ccc(-c4ccc(C5=CNC([C@@H]6C[C@H](C)CN6)N5)c5c4C4(CCCC4)CC5)cc3)N2)C1. The molecule has 6 nitrogen and oxygen atoms in total. The van der Waals surface area contributed by atoms with Crippen molar-refractivity contribution in [2.45, 2.75) is 95.0 Å². The molecule has 4 aliphatic heterocycles. The van der Waals surface area contributed by atoms with Crippen molar-refractivity contribution in [2.75, 3.05) is 13.1 Å². The summed E-state index contributed by atoms with van der Waals surface area (Å²) in [6.45, 7) is 6.91. The quantitative estimate of drug-likeness (QED) is 0.323. The molecule has 6 atom stereocenters. The zero-order valence-electron chi connectivity index (χ0n) is 24.7. The Bertz CT molecular complexity index is 1370. The van der Waals surface area contributed by atoms with E-state index >= 15 is 0 Å². The first-order chi connectivity index (χ1) is 20.1. The van der Waals surface area contributed by atoms with Crippen LogP contribution in [0.2, 0.25) is 0 Å². The molecule has 2 aromatic carbocycles. The van der Waals surface area contributed by atoms with Crippen molar-refractivity contribution >= 4 is 11.4 Å². The third-order valence-electron chi connectivity index (χ3n) is 11.1. The summed E-state index contributed by atoms with van der Waals surface area (Å²) >= 11 is 0. The van der Waals surface area contributed by atoms with Crippen LogP contribution in [0.3, 0.4) is 0 Å². The van der Waals surface area contributed by atoms with Crippen molar-refractivity contribution in [2.24, 2.45) is 11.8 Å². The molecule has 6 aliphatic rings. The highest BCUT2D eigenvalue weighted by Crippen LogP contribution is 2.54. The molecule has 6 heteroatoms. The third-order valence-corrected chi connectivity index (χ3v) is 11.1. The molecular weight excluding hydrogens is 504 g/mol. The van der Waals surface area contributed by atoms with E-state index in [1.807, 2.05) is 0 Å². The highest BCUT2D eigenvalue weighted by molar-refractivity contribution is 5.80. The maximum absolute atomic E-state index is 3.87. The molecule has 3 fully saturated rings. The summed E-state index contributed by atoms with van der Waals surface area (Å²) in [5, 5.41) is 22.2. The molecular formula is C35H46N6. The number of benzene rings is 2. The first kappa shape index (κ1) is 25.7. The summed E-state index contributed by atoms with van der Waals surface area (Å²) in [7, 11) is 0. The van der Waals surface area contributed by atoms with Gasteiger partial charge in [0.1, 0.15) is 12.3 Å². The van der Waals surface area contributed by atoms with Crippen LogP contribution in [0.4, 0.5) is 0 Å². The van der Waals surface area contributed by atoms with E-state index < -0.39 is 0 Å². The van der Waals surface area contributed by atoms with Crippen molar-refractivity contribution in [1.82, 2.24) is 31.9 Å². The Kier molecular flexibility index (Phi) is 6.33. The van der Waals surface area contributed by atoms with Crippen molar-refractivity contribution < 1.29 is 0 Å². The minimum Gasteiger partial charge on any atom is -0.368 e. The summed E-state index contributed by atoms with van der Waals surface area (Å²) in [6.07, 6.45) is 15.3. The minimum atomic E-state index is 0.271. The minimum absolute atomic E-state index is 0.271. The normalized spacial score (nSPS) is 33.2. The summed E-state index contributed by atoms with van der Waals surface area (Å²) in [5.74, 6) is 1.49. The van der Waals surface area contributed by atoms with Gasteiger partial charge < -0.3 is 31.9 Å². The van der Waals surface area contributed by atoms with E-state index in [0.29, 0.717) is 17.5 Å². The average Bonchev–Trinajstić information content (AvgIpc) is 3.83. The average molecular weight is 551 g/mol. The lowest BCUT2D eigenvalue weighted by molar-refractivity contribution is 0.422. The van der Waals surface area contributed by atoms with Crippen LogP contribution in [0.1, 0.15) is 81.0 Å². The Balaban J connectivity index is 1.06. The molecule has 8 rings (SSSR count). The Morgan fingerprint density at radius 3 is 1.88 bits per heavy atom. The van der Waals surface area contributed by atoms with Gasteiger partial charge in [0.05, 0.1) is 11.4 Å². The topological polar surface area (TPSA) is 72.2 Å². The van der Waals surface area contributed by atoms with Gasteiger partial charge in [-0.3, -0.25) is 0 Å². The van der Waals surface area contributed by atoms with Gasteiger partial charge in [-0.15, -0.1) is 0 Å². The number of hydrogen-bond acceptors (Lipinski definition) is 6. The molecule has 2 saturated heterocycles. The van der Waals surface area contributed by atoms with Crippen molar-refractivity contribution in [3.8, 4) is 11.1 Å². The molecule has 2 unspecified atom stereocenters. The first-order valence-corrected chi connectivity index (χ1v) is 16.3. The molecule has 0 radical (unpaired) electrons. The maximum atomic E-state index is 3.87. The predicted octanol–water partition coefficient (Wildman–Crippen LogP) is 4.74. The van der Waals surface area contributed by atoms with Gasteiger partial charge in [0.15, 0.2) is 0 Å². The highest BCUT2D eigenvalue weighted by atomic mass is 15.2. The summed E-state index contributed by atoms with van der Waals surface area (Å²) < 4.78 is 0. The number of rotatable bonds is 5. The Hall–Kier alpha value is -2.96. The second kappa shape index (κ2) is 10.1. The van der Waals surface area contributed by atoms with Crippen LogP contribution in [0.15, 0.2) is 48.8 Å². The molecule has 2 aliphatic carbocycles. The van der Waals surface area contributed by atoms with Gasteiger partial charge in [-0.1, -0.05) is 63.1 Å². The zero-order chi connectivity index (χ0) is 27.6. The first-order valence-electron chi connectivity index (χ1n) is 16.3. The summed E-state index contributed by atoms with van der Waals surface area (Å²) in [6, 6.07) is 15.1. The second-order valence-electron chi connectivity index (χ2n) is 14.0. The summed E-state index contributed by atoms with van der Waals surface area (Å²) in [5.41, 5.74) is 11.5. The fraction of sp³-hybridized carbons (Fsp3) is 0.543. The predicted molar refractivity (Wildman–Crippen MR) is 168 cm³/mol. The van der Waals surface area contributed by atoms with Gasteiger partial charge >= 0.3 is 0 Å². The van der Waals surface area contributed by atoms with Gasteiger partial charge in [0.2, 0.25) is 0 Å². The van der Waals surface area contributed by atoms with E-state index in [4.69, 9.17) is 0 Å². The van der Waals surface area contributed by atoms with Crippen molar-refractivity contribution in [1.29, 1.82) is 0 Å². The van der Waals surface area contributed by atoms with Gasteiger partial charge in [-0.2, -0.15) is 0 Å². The second-order valence-corrected chi connectivity index (χ2v) is 14.0. The van der Waals surface area contributed by atoms with E-state index in [0.717, 1.165) is 24.9 Å². The van der Waals surface area contributed by atoms with E-state index in [9.17, 15) is 0 Å². The summed E-state index contributed by atoms with van der Waals surface area (Å²) in [4.78, 5) is 0. The van der Waals surface area contributed by atoms with Crippen LogP contribution in [-0.2, 0) is 11.8 Å². The van der Waals surface area contributed by atoms with Gasteiger partial charge in [0.25, 0.3) is 0 Å². The molecule has 0 aromatic heterocycles.